The van der Waals surface area contributed by atoms with E-state index in [0.717, 1.165) is 22.3 Å². The number of hydroxylamine groups is 2. The third kappa shape index (κ3) is 7.03. The number of likely N-dealkylation sites (tertiary alicyclic amines) is 1. The SMILES string of the molecule is C=C[C@@H]1C[C@@]1(NC(=O)[C@@H]1C[C@@H](ON=C2c3ccccc3-c3ccccc32)CN1C(=O)[C@@H](C(C)C)N(O)C(=O)CC(C)C)C(=O)NS(=O)(=O)C1CC1. The van der Waals surface area contributed by atoms with Crippen LogP contribution < -0.4 is 10.0 Å². The summed E-state index contributed by atoms with van der Waals surface area (Å²) in [6.45, 7) is 10.7. The van der Waals surface area contributed by atoms with E-state index < -0.39 is 74.5 Å². The average molecular weight is 720 g/mol. The van der Waals surface area contributed by atoms with Crippen molar-refractivity contribution in [2.45, 2.75) is 88.8 Å². The highest BCUT2D eigenvalue weighted by molar-refractivity contribution is 7.91. The maximum Gasteiger partial charge on any atom is 0.259 e. The Bertz CT molecular complexity index is 1840. The average Bonchev–Trinajstić information content (AvgIpc) is 3.99. The summed E-state index contributed by atoms with van der Waals surface area (Å²) < 4.78 is 27.4. The van der Waals surface area contributed by atoms with Crippen molar-refractivity contribution in [2.24, 2.45) is 22.9 Å². The Hall–Kier alpha value is -4.56. The van der Waals surface area contributed by atoms with Gasteiger partial charge in [0.2, 0.25) is 27.7 Å². The molecule has 3 N–H and O–H groups in total. The standard InChI is InChI=1S/C37H45N5O8S/c1-6-23-19-37(23,36(46)40-51(48,49)25-15-16-25)38-34(44)30-18-24(20-41(30)35(45)33(22(4)5)42(47)31(43)17-21(2)3)50-39-32-28-13-9-7-11-26(28)27-12-8-10-14-29(27)32/h6-14,21-25,30,33,47H,1,15-20H2,2-5H3,(H,38,44)(H,40,46)/t23-,24-,30+,33-,37+/m1/s1. The van der Waals surface area contributed by atoms with Crippen LogP contribution in [-0.2, 0) is 34.0 Å². The number of oxime groups is 1. The first-order valence-corrected chi connectivity index (χ1v) is 19.0. The molecule has 3 aliphatic carbocycles. The maximum atomic E-state index is 14.3. The first kappa shape index (κ1) is 36.2. The maximum absolute atomic E-state index is 14.3. The minimum Gasteiger partial charge on any atom is -0.390 e. The number of sulfonamides is 1. The lowest BCUT2D eigenvalue weighted by Gasteiger charge is -2.34. The molecule has 2 saturated carbocycles. The lowest BCUT2D eigenvalue weighted by atomic mass is 10.0. The molecular weight excluding hydrogens is 675 g/mol. The van der Waals surface area contributed by atoms with Crippen molar-refractivity contribution in [3.63, 3.8) is 0 Å². The van der Waals surface area contributed by atoms with Crippen molar-refractivity contribution in [2.75, 3.05) is 6.54 Å². The number of rotatable bonds is 13. The molecular formula is C37H45N5O8S. The van der Waals surface area contributed by atoms with Crippen LogP contribution in [0.1, 0.15) is 70.9 Å². The van der Waals surface area contributed by atoms with Crippen LogP contribution in [-0.4, -0.2) is 88.4 Å². The minimum atomic E-state index is -3.90. The van der Waals surface area contributed by atoms with E-state index in [9.17, 15) is 32.8 Å². The molecule has 6 rings (SSSR count). The molecule has 0 bridgehead atoms. The summed E-state index contributed by atoms with van der Waals surface area (Å²) in [5.41, 5.74) is 2.77. The fraction of sp³-hybridized carbons (Fsp3) is 0.486. The lowest BCUT2D eigenvalue weighted by Crippen LogP contribution is -2.59. The van der Waals surface area contributed by atoms with E-state index in [-0.39, 0.29) is 31.7 Å². The van der Waals surface area contributed by atoms with Crippen LogP contribution in [0.3, 0.4) is 0 Å². The molecule has 1 heterocycles. The van der Waals surface area contributed by atoms with E-state index in [4.69, 9.17) is 4.84 Å². The molecule has 1 saturated heterocycles. The van der Waals surface area contributed by atoms with Crippen molar-refractivity contribution in [3.8, 4) is 11.1 Å². The molecule has 0 spiro atoms. The summed E-state index contributed by atoms with van der Waals surface area (Å²) in [5, 5.41) is 18.1. The monoisotopic (exact) mass is 719 g/mol. The summed E-state index contributed by atoms with van der Waals surface area (Å²) in [7, 11) is -3.90. The molecule has 3 fully saturated rings. The van der Waals surface area contributed by atoms with Gasteiger partial charge in [0.25, 0.3) is 5.91 Å². The zero-order valence-electron chi connectivity index (χ0n) is 29.2. The first-order chi connectivity index (χ1) is 24.2. The van der Waals surface area contributed by atoms with Gasteiger partial charge in [-0.2, -0.15) is 0 Å². The van der Waals surface area contributed by atoms with Crippen LogP contribution in [0.4, 0.5) is 0 Å². The summed E-state index contributed by atoms with van der Waals surface area (Å²) >= 11 is 0. The van der Waals surface area contributed by atoms with E-state index in [1.165, 1.54) is 11.0 Å². The van der Waals surface area contributed by atoms with Crippen LogP contribution in [0.2, 0.25) is 0 Å². The molecule has 13 nitrogen and oxygen atoms in total. The molecule has 0 aromatic heterocycles. The Balaban J connectivity index is 1.29. The number of carbonyl (C=O) groups is 4. The number of carbonyl (C=O) groups excluding carboxylic acids is 4. The first-order valence-electron chi connectivity index (χ1n) is 17.4. The van der Waals surface area contributed by atoms with Crippen LogP contribution in [0.15, 0.2) is 66.3 Å². The molecule has 5 atom stereocenters. The van der Waals surface area contributed by atoms with Crippen LogP contribution in [0.25, 0.3) is 11.1 Å². The molecule has 51 heavy (non-hydrogen) atoms. The molecule has 4 amide bonds. The van der Waals surface area contributed by atoms with Gasteiger partial charge in [-0.3, -0.25) is 29.1 Å². The van der Waals surface area contributed by atoms with Crippen LogP contribution >= 0.6 is 0 Å². The van der Waals surface area contributed by atoms with Crippen molar-refractivity contribution >= 4 is 39.4 Å². The van der Waals surface area contributed by atoms with E-state index in [1.807, 2.05) is 62.4 Å². The van der Waals surface area contributed by atoms with Crippen molar-refractivity contribution < 1.29 is 37.6 Å². The predicted molar refractivity (Wildman–Crippen MR) is 188 cm³/mol. The predicted octanol–water partition coefficient (Wildman–Crippen LogP) is 3.36. The number of hydrogen-bond acceptors (Lipinski definition) is 9. The van der Waals surface area contributed by atoms with Gasteiger partial charge in [0.1, 0.15) is 29.4 Å². The van der Waals surface area contributed by atoms with Crippen LogP contribution in [0.5, 0.6) is 0 Å². The van der Waals surface area contributed by atoms with Gasteiger partial charge in [0.05, 0.1) is 11.8 Å². The highest BCUT2D eigenvalue weighted by Gasteiger charge is 2.62. The zero-order valence-corrected chi connectivity index (χ0v) is 30.1. The fourth-order valence-electron chi connectivity index (χ4n) is 7.04. The second-order valence-corrected chi connectivity index (χ2v) is 16.7. The van der Waals surface area contributed by atoms with Gasteiger partial charge in [0.15, 0.2) is 0 Å². The quantitative estimate of drug-likeness (QED) is 0.137. The number of hydrogen-bond donors (Lipinski definition) is 3. The molecule has 1 aliphatic heterocycles. The highest BCUT2D eigenvalue weighted by atomic mass is 32.2. The molecule has 4 aliphatic rings. The van der Waals surface area contributed by atoms with Gasteiger partial charge >= 0.3 is 0 Å². The molecule has 2 aromatic rings. The summed E-state index contributed by atoms with van der Waals surface area (Å²) in [6.07, 6.45) is 1.72. The summed E-state index contributed by atoms with van der Waals surface area (Å²) in [5.74, 6) is -4.02. The number of amides is 4. The zero-order chi connectivity index (χ0) is 36.8. The molecule has 0 unspecified atom stereocenters. The van der Waals surface area contributed by atoms with Gasteiger partial charge < -0.3 is 15.1 Å². The topological polar surface area (TPSA) is 175 Å². The highest BCUT2D eigenvalue weighted by Crippen LogP contribution is 2.45. The minimum absolute atomic E-state index is 0.00737. The van der Waals surface area contributed by atoms with Crippen LogP contribution in [0, 0.1) is 17.8 Å². The largest absolute Gasteiger partial charge is 0.390 e. The summed E-state index contributed by atoms with van der Waals surface area (Å²) in [6, 6.07) is 13.0. The van der Waals surface area contributed by atoms with Gasteiger partial charge in [-0.25, -0.2) is 13.5 Å². The Morgan fingerprint density at radius 3 is 2.14 bits per heavy atom. The Labute approximate surface area is 298 Å². The van der Waals surface area contributed by atoms with Gasteiger partial charge in [0, 0.05) is 29.9 Å². The number of nitrogens with one attached hydrogen (secondary N) is 2. The molecule has 14 heteroatoms. The van der Waals surface area contributed by atoms with E-state index in [0.29, 0.717) is 23.6 Å². The van der Waals surface area contributed by atoms with E-state index in [2.05, 4.69) is 21.8 Å². The molecule has 2 aromatic carbocycles. The van der Waals surface area contributed by atoms with Crippen molar-refractivity contribution in [1.82, 2.24) is 20.0 Å². The Morgan fingerprint density at radius 1 is 1.04 bits per heavy atom. The van der Waals surface area contributed by atoms with Crippen molar-refractivity contribution in [1.29, 1.82) is 0 Å². The van der Waals surface area contributed by atoms with Gasteiger partial charge in [-0.05, 0) is 42.2 Å². The second kappa shape index (κ2) is 13.9. The smallest absolute Gasteiger partial charge is 0.259 e. The fourth-order valence-corrected chi connectivity index (χ4v) is 8.41. The normalized spacial score (nSPS) is 24.0. The summed E-state index contributed by atoms with van der Waals surface area (Å²) in [4.78, 5) is 62.2. The number of benzene rings is 2. The number of nitrogens with zero attached hydrogens (tertiary/aromatic N) is 3. The lowest BCUT2D eigenvalue weighted by molar-refractivity contribution is -0.188. The molecule has 0 radical (unpaired) electrons. The van der Waals surface area contributed by atoms with Crippen molar-refractivity contribution in [3.05, 3.63) is 72.3 Å². The van der Waals surface area contributed by atoms with E-state index in [1.54, 1.807) is 13.8 Å². The third-order valence-corrected chi connectivity index (χ3v) is 11.9. The van der Waals surface area contributed by atoms with E-state index >= 15 is 0 Å². The number of fused-ring (bicyclic) bond motifs is 3. The Morgan fingerprint density at radius 2 is 1.63 bits per heavy atom. The Kier molecular flexibility index (Phi) is 9.85. The van der Waals surface area contributed by atoms with Gasteiger partial charge in [-0.1, -0.05) is 87.5 Å². The molecule has 272 valence electrons. The van der Waals surface area contributed by atoms with Gasteiger partial charge in [-0.15, -0.1) is 6.58 Å². The third-order valence-electron chi connectivity index (χ3n) is 10.0. The second-order valence-electron chi connectivity index (χ2n) is 14.7.